The summed E-state index contributed by atoms with van der Waals surface area (Å²) >= 11 is -1.53. The lowest BCUT2D eigenvalue weighted by atomic mass is 9.96. The van der Waals surface area contributed by atoms with Crippen molar-refractivity contribution in [1.29, 1.82) is 0 Å². The molecule has 4 atom stereocenters. The first kappa shape index (κ1) is 18.5. The monoisotopic (exact) mass is 376 g/mol. The van der Waals surface area contributed by atoms with Crippen LogP contribution in [0.5, 0.6) is 0 Å². The summed E-state index contributed by atoms with van der Waals surface area (Å²) in [6.45, 7) is 6.74. The summed E-state index contributed by atoms with van der Waals surface area (Å²) in [5.74, 6) is -1.56. The number of amides is 2. The third-order valence-electron chi connectivity index (χ3n) is 4.68. The molecule has 2 saturated heterocycles. The van der Waals surface area contributed by atoms with E-state index in [0.29, 0.717) is 0 Å². The number of hydrogen-bond donors (Lipinski definition) is 1. The SMILES string of the molecule is C=CC(=O)N[C@@H]1C(=O)N2[C@@H]1[S+]([O-])C(C)(C)[C@@H]2C(=O)OCc1ccccc1. The second-order valence-electron chi connectivity index (χ2n) is 6.72. The fourth-order valence-corrected chi connectivity index (χ4v) is 5.21. The van der Waals surface area contributed by atoms with Gasteiger partial charge >= 0.3 is 5.97 Å². The molecule has 2 aliphatic heterocycles. The van der Waals surface area contributed by atoms with Gasteiger partial charge in [-0.05, 0) is 36.7 Å². The van der Waals surface area contributed by atoms with E-state index in [9.17, 15) is 18.9 Å². The third kappa shape index (κ3) is 2.89. The van der Waals surface area contributed by atoms with Gasteiger partial charge in [-0.2, -0.15) is 0 Å². The molecule has 1 aromatic carbocycles. The lowest BCUT2D eigenvalue weighted by Gasteiger charge is -2.41. The van der Waals surface area contributed by atoms with E-state index < -0.39 is 51.2 Å². The number of hydrogen-bond acceptors (Lipinski definition) is 5. The number of nitrogens with one attached hydrogen (secondary N) is 1. The molecule has 26 heavy (non-hydrogen) atoms. The van der Waals surface area contributed by atoms with Crippen LogP contribution in [0, 0.1) is 0 Å². The highest BCUT2D eigenvalue weighted by molar-refractivity contribution is 7.94. The quantitative estimate of drug-likeness (QED) is 0.349. The summed E-state index contributed by atoms with van der Waals surface area (Å²) in [5, 5.41) is 1.74. The van der Waals surface area contributed by atoms with Gasteiger partial charge in [0.1, 0.15) is 6.61 Å². The Morgan fingerprint density at radius 1 is 1.38 bits per heavy atom. The van der Waals surface area contributed by atoms with Crippen LogP contribution in [0.25, 0.3) is 0 Å². The Balaban J connectivity index is 1.75. The number of β-lactam (4-membered cyclic amide) rings is 1. The van der Waals surface area contributed by atoms with E-state index in [4.69, 9.17) is 4.74 Å². The van der Waals surface area contributed by atoms with Crippen LogP contribution in [0.1, 0.15) is 19.4 Å². The van der Waals surface area contributed by atoms with Gasteiger partial charge in [0, 0.05) is 0 Å². The topological polar surface area (TPSA) is 98.8 Å². The first-order valence-electron chi connectivity index (χ1n) is 8.15. The molecule has 1 N–H and O–H groups in total. The van der Waals surface area contributed by atoms with Crippen LogP contribution in [0.4, 0.5) is 0 Å². The summed E-state index contributed by atoms with van der Waals surface area (Å²) in [4.78, 5) is 37.9. The van der Waals surface area contributed by atoms with Crippen LogP contribution >= 0.6 is 0 Å². The van der Waals surface area contributed by atoms with Crippen LogP contribution < -0.4 is 5.32 Å². The van der Waals surface area contributed by atoms with Crippen LogP contribution in [0.3, 0.4) is 0 Å². The van der Waals surface area contributed by atoms with Crippen molar-refractivity contribution in [2.75, 3.05) is 0 Å². The van der Waals surface area contributed by atoms with E-state index in [0.717, 1.165) is 11.6 Å². The van der Waals surface area contributed by atoms with Gasteiger partial charge in [0.15, 0.2) is 16.8 Å². The van der Waals surface area contributed by atoms with Crippen molar-refractivity contribution in [2.45, 2.75) is 42.7 Å². The van der Waals surface area contributed by atoms with Gasteiger partial charge < -0.3 is 14.6 Å². The van der Waals surface area contributed by atoms with Crippen molar-refractivity contribution < 1.29 is 23.7 Å². The summed E-state index contributed by atoms with van der Waals surface area (Å²) < 4.78 is 17.2. The Morgan fingerprint density at radius 2 is 2.04 bits per heavy atom. The average molecular weight is 376 g/mol. The van der Waals surface area contributed by atoms with Gasteiger partial charge in [-0.3, -0.25) is 14.5 Å². The summed E-state index contributed by atoms with van der Waals surface area (Å²) in [6, 6.07) is 7.30. The second-order valence-corrected chi connectivity index (χ2v) is 8.85. The van der Waals surface area contributed by atoms with E-state index in [1.54, 1.807) is 13.8 Å². The van der Waals surface area contributed by atoms with Gasteiger partial charge in [-0.25, -0.2) is 4.79 Å². The molecular weight excluding hydrogens is 356 g/mol. The smallest absolute Gasteiger partial charge is 0.334 e. The molecule has 0 aromatic heterocycles. The maximum atomic E-state index is 12.8. The number of fused-ring (bicyclic) bond motifs is 1. The second kappa shape index (κ2) is 6.77. The molecule has 2 fully saturated rings. The zero-order valence-electron chi connectivity index (χ0n) is 14.5. The Hall–Kier alpha value is -2.32. The van der Waals surface area contributed by atoms with E-state index >= 15 is 0 Å². The van der Waals surface area contributed by atoms with E-state index in [-0.39, 0.29) is 6.61 Å². The summed E-state index contributed by atoms with van der Waals surface area (Å²) in [6.07, 6.45) is 1.05. The molecule has 0 saturated carbocycles. The number of carbonyl (C=O) groups excluding carboxylic acids is 3. The third-order valence-corrected chi connectivity index (χ3v) is 6.88. The van der Waals surface area contributed by atoms with Crippen molar-refractivity contribution >= 4 is 29.0 Å². The van der Waals surface area contributed by atoms with Crippen molar-refractivity contribution in [3.8, 4) is 0 Å². The molecule has 7 nitrogen and oxygen atoms in total. The van der Waals surface area contributed by atoms with Gasteiger partial charge in [0.05, 0.1) is 0 Å². The molecule has 3 rings (SSSR count). The highest BCUT2D eigenvalue weighted by Gasteiger charge is 2.73. The fourth-order valence-electron chi connectivity index (χ4n) is 3.29. The predicted octanol–water partition coefficient (Wildman–Crippen LogP) is 0.478. The average Bonchev–Trinajstić information content (AvgIpc) is 2.82. The van der Waals surface area contributed by atoms with Crippen molar-refractivity contribution in [2.24, 2.45) is 0 Å². The normalized spacial score (nSPS) is 28.7. The van der Waals surface area contributed by atoms with E-state index in [1.807, 2.05) is 30.3 Å². The molecule has 2 aliphatic rings. The molecule has 8 heteroatoms. The van der Waals surface area contributed by atoms with E-state index in [2.05, 4.69) is 11.9 Å². The minimum Gasteiger partial charge on any atom is -0.614 e. The maximum absolute atomic E-state index is 12.8. The number of rotatable bonds is 5. The zero-order chi connectivity index (χ0) is 19.1. The Kier molecular flexibility index (Phi) is 4.81. The standard InChI is InChI=1S/C18H20N2O5S/c1-4-12(21)19-13-15(22)20-14(18(2,3)26(24)16(13)20)17(23)25-10-11-8-6-5-7-9-11/h4-9,13-14,16H,1,10H2,2-3H3,(H,19,21)/t13-,14+,16-,26?/m1/s1. The van der Waals surface area contributed by atoms with Crippen molar-refractivity contribution in [1.82, 2.24) is 10.2 Å². The number of nitrogens with zero attached hydrogens (tertiary/aromatic N) is 1. The first-order chi connectivity index (χ1) is 12.3. The fraction of sp³-hybridized carbons (Fsp3) is 0.389. The number of esters is 1. The number of carbonyl (C=O) groups is 3. The van der Waals surface area contributed by atoms with Gasteiger partial charge in [-0.15, -0.1) is 0 Å². The summed E-state index contributed by atoms with van der Waals surface area (Å²) in [5.41, 5.74) is 0.820. The number of ether oxygens (including phenoxy) is 1. The molecule has 1 unspecified atom stereocenters. The molecule has 1 aromatic rings. The Morgan fingerprint density at radius 3 is 2.65 bits per heavy atom. The lowest BCUT2D eigenvalue weighted by Crippen LogP contribution is -2.72. The Labute approximate surface area is 154 Å². The lowest BCUT2D eigenvalue weighted by molar-refractivity contribution is -0.165. The first-order valence-corrected chi connectivity index (χ1v) is 9.36. The highest BCUT2D eigenvalue weighted by Crippen LogP contribution is 2.46. The van der Waals surface area contributed by atoms with Crippen molar-refractivity contribution in [3.63, 3.8) is 0 Å². The van der Waals surface area contributed by atoms with Gasteiger partial charge in [0.2, 0.25) is 11.3 Å². The molecule has 0 bridgehead atoms. The zero-order valence-corrected chi connectivity index (χ0v) is 15.3. The van der Waals surface area contributed by atoms with Crippen LogP contribution in [-0.4, -0.2) is 49.4 Å². The molecule has 0 spiro atoms. The maximum Gasteiger partial charge on any atom is 0.334 e. The van der Waals surface area contributed by atoms with Gasteiger partial charge in [0.25, 0.3) is 5.91 Å². The molecular formula is C18H20N2O5S. The minimum atomic E-state index is -1.53. The highest BCUT2D eigenvalue weighted by atomic mass is 32.2. The van der Waals surface area contributed by atoms with Crippen LogP contribution in [0.2, 0.25) is 0 Å². The predicted molar refractivity (Wildman–Crippen MR) is 95.0 cm³/mol. The molecule has 138 valence electrons. The van der Waals surface area contributed by atoms with Gasteiger partial charge in [-0.1, -0.05) is 36.9 Å². The van der Waals surface area contributed by atoms with Crippen LogP contribution in [0.15, 0.2) is 43.0 Å². The van der Waals surface area contributed by atoms with Crippen LogP contribution in [-0.2, 0) is 36.9 Å². The van der Waals surface area contributed by atoms with Crippen molar-refractivity contribution in [3.05, 3.63) is 48.6 Å². The molecule has 2 heterocycles. The molecule has 0 radical (unpaired) electrons. The Bertz CT molecular complexity index is 751. The molecule has 0 aliphatic carbocycles. The van der Waals surface area contributed by atoms with E-state index in [1.165, 1.54) is 4.90 Å². The number of benzene rings is 1. The molecule has 2 amide bonds. The minimum absolute atomic E-state index is 0.0716. The summed E-state index contributed by atoms with van der Waals surface area (Å²) in [7, 11) is 0. The largest absolute Gasteiger partial charge is 0.614 e.